The second-order valence-electron chi connectivity index (χ2n) is 6.66. The molecule has 130 valence electrons. The molecule has 0 N–H and O–H groups in total. The standard InChI is InChI=1S/C19H20N2O2S2/c1-25(22,23)16-8-6-14(7-9-16)12-21-11-10-15(13-21)19-20-17-4-2-3-5-18(17)24-19/h2-9,15H,10-13H2,1H3. The second kappa shape index (κ2) is 6.52. The van der Waals surface area contributed by atoms with Gasteiger partial charge in [-0.05, 0) is 42.8 Å². The van der Waals surface area contributed by atoms with Crippen LogP contribution in [0, 0.1) is 0 Å². The fourth-order valence-electron chi connectivity index (χ4n) is 3.34. The fourth-order valence-corrected chi connectivity index (χ4v) is 5.07. The Labute approximate surface area is 152 Å². The summed E-state index contributed by atoms with van der Waals surface area (Å²) in [7, 11) is -3.12. The first kappa shape index (κ1) is 16.7. The molecule has 1 aliphatic rings. The molecule has 1 unspecified atom stereocenters. The SMILES string of the molecule is CS(=O)(=O)c1ccc(CN2CCC(c3nc4ccccc4s3)C2)cc1. The number of rotatable bonds is 4. The third-order valence-electron chi connectivity index (χ3n) is 4.69. The van der Waals surface area contributed by atoms with Crippen LogP contribution < -0.4 is 0 Å². The molecule has 4 rings (SSSR count). The highest BCUT2D eigenvalue weighted by Crippen LogP contribution is 2.33. The van der Waals surface area contributed by atoms with Crippen LogP contribution in [0.5, 0.6) is 0 Å². The number of benzene rings is 2. The smallest absolute Gasteiger partial charge is 0.175 e. The van der Waals surface area contributed by atoms with Crippen molar-refractivity contribution in [1.82, 2.24) is 9.88 Å². The summed E-state index contributed by atoms with van der Waals surface area (Å²) in [5, 5.41) is 1.23. The van der Waals surface area contributed by atoms with Crippen molar-refractivity contribution >= 4 is 31.4 Å². The van der Waals surface area contributed by atoms with E-state index in [2.05, 4.69) is 23.1 Å². The van der Waals surface area contributed by atoms with Gasteiger partial charge in [-0.25, -0.2) is 13.4 Å². The number of hydrogen-bond acceptors (Lipinski definition) is 5. The number of para-hydroxylation sites is 1. The molecule has 1 saturated heterocycles. The highest BCUT2D eigenvalue weighted by atomic mass is 32.2. The topological polar surface area (TPSA) is 50.3 Å². The second-order valence-corrected chi connectivity index (χ2v) is 9.73. The van der Waals surface area contributed by atoms with Gasteiger partial charge < -0.3 is 0 Å². The van der Waals surface area contributed by atoms with Gasteiger partial charge in [-0.2, -0.15) is 0 Å². The van der Waals surface area contributed by atoms with Crippen LogP contribution in [0.4, 0.5) is 0 Å². The van der Waals surface area contributed by atoms with Gasteiger partial charge in [0.05, 0.1) is 20.1 Å². The third kappa shape index (κ3) is 3.61. The van der Waals surface area contributed by atoms with E-state index in [-0.39, 0.29) is 0 Å². The van der Waals surface area contributed by atoms with Crippen molar-refractivity contribution in [3.8, 4) is 0 Å². The maximum absolute atomic E-state index is 11.5. The molecule has 1 aliphatic heterocycles. The van der Waals surface area contributed by atoms with E-state index in [0.29, 0.717) is 10.8 Å². The van der Waals surface area contributed by atoms with Gasteiger partial charge in [-0.1, -0.05) is 24.3 Å². The molecule has 1 fully saturated rings. The van der Waals surface area contributed by atoms with Crippen LogP contribution in [0.25, 0.3) is 10.2 Å². The lowest BCUT2D eigenvalue weighted by atomic mass is 10.1. The number of nitrogens with zero attached hydrogens (tertiary/aromatic N) is 2. The van der Waals surface area contributed by atoms with Crippen molar-refractivity contribution in [3.05, 3.63) is 59.1 Å². The first-order valence-corrected chi connectivity index (χ1v) is 11.1. The van der Waals surface area contributed by atoms with E-state index in [4.69, 9.17) is 4.98 Å². The largest absolute Gasteiger partial charge is 0.298 e. The molecule has 1 atom stereocenters. The number of aromatic nitrogens is 1. The summed E-state index contributed by atoms with van der Waals surface area (Å²) >= 11 is 1.80. The highest BCUT2D eigenvalue weighted by Gasteiger charge is 2.26. The van der Waals surface area contributed by atoms with Crippen LogP contribution >= 0.6 is 11.3 Å². The molecule has 2 aromatic carbocycles. The lowest BCUT2D eigenvalue weighted by Crippen LogP contribution is -2.19. The Bertz CT molecular complexity index is 961. The molecule has 3 aromatic rings. The first-order chi connectivity index (χ1) is 12.0. The van der Waals surface area contributed by atoms with E-state index >= 15 is 0 Å². The molecular formula is C19H20N2O2S2. The van der Waals surface area contributed by atoms with E-state index in [1.165, 1.54) is 16.0 Å². The van der Waals surface area contributed by atoms with Crippen molar-refractivity contribution in [1.29, 1.82) is 0 Å². The lowest BCUT2D eigenvalue weighted by molar-refractivity contribution is 0.327. The third-order valence-corrected chi connectivity index (χ3v) is 7.02. The molecule has 0 radical (unpaired) electrons. The van der Waals surface area contributed by atoms with Crippen molar-refractivity contribution < 1.29 is 8.42 Å². The average Bonchev–Trinajstić information content (AvgIpc) is 3.20. The minimum absolute atomic E-state index is 0.380. The minimum Gasteiger partial charge on any atom is -0.298 e. The normalized spacial score (nSPS) is 18.8. The fraction of sp³-hybridized carbons (Fsp3) is 0.316. The Balaban J connectivity index is 1.44. The Hall–Kier alpha value is -1.76. The Morgan fingerprint density at radius 1 is 1.16 bits per heavy atom. The average molecular weight is 373 g/mol. The van der Waals surface area contributed by atoms with E-state index in [9.17, 15) is 8.42 Å². The summed E-state index contributed by atoms with van der Waals surface area (Å²) in [6.45, 7) is 2.91. The predicted molar refractivity (Wildman–Crippen MR) is 102 cm³/mol. The highest BCUT2D eigenvalue weighted by molar-refractivity contribution is 7.90. The van der Waals surface area contributed by atoms with Crippen LogP contribution in [0.15, 0.2) is 53.4 Å². The van der Waals surface area contributed by atoms with Gasteiger partial charge in [0.25, 0.3) is 0 Å². The quantitative estimate of drug-likeness (QED) is 0.701. The number of likely N-dealkylation sites (tertiary alicyclic amines) is 1. The predicted octanol–water partition coefficient (Wildman–Crippen LogP) is 3.69. The molecule has 0 amide bonds. The molecule has 0 saturated carbocycles. The minimum atomic E-state index is -3.12. The van der Waals surface area contributed by atoms with E-state index in [1.807, 2.05) is 18.2 Å². The molecule has 6 heteroatoms. The van der Waals surface area contributed by atoms with Crippen LogP contribution in [0.1, 0.15) is 22.9 Å². The zero-order valence-corrected chi connectivity index (χ0v) is 15.7. The number of thiazole rings is 1. The van der Waals surface area contributed by atoms with Gasteiger partial charge in [0.1, 0.15) is 0 Å². The summed E-state index contributed by atoms with van der Waals surface area (Å²) in [5.74, 6) is 0.493. The monoisotopic (exact) mass is 372 g/mol. The van der Waals surface area contributed by atoms with Crippen LogP contribution in [-0.2, 0) is 16.4 Å². The maximum Gasteiger partial charge on any atom is 0.175 e. The molecule has 0 spiro atoms. The molecule has 2 heterocycles. The van der Waals surface area contributed by atoms with Crippen LogP contribution in [-0.4, -0.2) is 37.6 Å². The Morgan fingerprint density at radius 2 is 1.92 bits per heavy atom. The summed E-state index contributed by atoms with van der Waals surface area (Å²) in [6, 6.07) is 15.5. The zero-order chi connectivity index (χ0) is 17.4. The van der Waals surface area contributed by atoms with Crippen molar-refractivity contribution in [3.63, 3.8) is 0 Å². The van der Waals surface area contributed by atoms with E-state index < -0.39 is 9.84 Å². The van der Waals surface area contributed by atoms with E-state index in [1.54, 1.807) is 23.5 Å². The molecule has 0 bridgehead atoms. The van der Waals surface area contributed by atoms with Gasteiger partial charge >= 0.3 is 0 Å². The van der Waals surface area contributed by atoms with Gasteiger partial charge in [-0.3, -0.25) is 4.90 Å². The molecule has 25 heavy (non-hydrogen) atoms. The molecule has 0 aliphatic carbocycles. The zero-order valence-electron chi connectivity index (χ0n) is 14.1. The Kier molecular flexibility index (Phi) is 4.35. The lowest BCUT2D eigenvalue weighted by Gasteiger charge is -2.15. The molecule has 1 aromatic heterocycles. The summed E-state index contributed by atoms with van der Waals surface area (Å²) < 4.78 is 24.3. The summed E-state index contributed by atoms with van der Waals surface area (Å²) in [5.41, 5.74) is 2.25. The van der Waals surface area contributed by atoms with Gasteiger partial charge in [0.2, 0.25) is 0 Å². The number of sulfone groups is 1. The van der Waals surface area contributed by atoms with Crippen molar-refractivity contribution in [2.24, 2.45) is 0 Å². The Morgan fingerprint density at radius 3 is 2.64 bits per heavy atom. The van der Waals surface area contributed by atoms with Crippen LogP contribution in [0.3, 0.4) is 0 Å². The van der Waals surface area contributed by atoms with Gasteiger partial charge in [0.15, 0.2) is 9.84 Å². The van der Waals surface area contributed by atoms with Crippen LogP contribution in [0.2, 0.25) is 0 Å². The summed E-state index contributed by atoms with van der Waals surface area (Å²) in [6.07, 6.45) is 2.37. The number of fused-ring (bicyclic) bond motifs is 1. The van der Waals surface area contributed by atoms with Gasteiger partial charge in [0, 0.05) is 25.3 Å². The van der Waals surface area contributed by atoms with E-state index in [0.717, 1.165) is 37.1 Å². The summed E-state index contributed by atoms with van der Waals surface area (Å²) in [4.78, 5) is 7.60. The van der Waals surface area contributed by atoms with Crippen molar-refractivity contribution in [2.45, 2.75) is 23.8 Å². The number of hydrogen-bond donors (Lipinski definition) is 0. The van der Waals surface area contributed by atoms with Crippen molar-refractivity contribution in [2.75, 3.05) is 19.3 Å². The molecular weight excluding hydrogens is 352 g/mol. The van der Waals surface area contributed by atoms with Gasteiger partial charge in [-0.15, -0.1) is 11.3 Å². The molecule has 4 nitrogen and oxygen atoms in total. The first-order valence-electron chi connectivity index (χ1n) is 8.36. The maximum atomic E-state index is 11.5.